The molecule has 2 heterocycles. The number of hydrogen-bond donors (Lipinski definition) is 0. The molecule has 1 aliphatic heterocycles. The molecule has 1 aromatic heterocycles. The van der Waals surface area contributed by atoms with E-state index in [2.05, 4.69) is 9.88 Å². The Balaban J connectivity index is 2.12. The first kappa shape index (κ1) is 11.1. The SMILES string of the molecule is Cn1cnc([N+](=O)[O-])c1CN1CCCCC1. The zero-order chi connectivity index (χ0) is 11.5. The van der Waals surface area contributed by atoms with Crippen molar-refractivity contribution in [1.82, 2.24) is 14.5 Å². The second kappa shape index (κ2) is 4.61. The summed E-state index contributed by atoms with van der Waals surface area (Å²) in [7, 11) is 1.80. The maximum atomic E-state index is 10.8. The summed E-state index contributed by atoms with van der Waals surface area (Å²) in [6.07, 6.45) is 5.15. The van der Waals surface area contributed by atoms with E-state index in [1.54, 1.807) is 11.6 Å². The van der Waals surface area contributed by atoms with Crippen molar-refractivity contribution in [2.45, 2.75) is 25.8 Å². The third-order valence-corrected chi connectivity index (χ3v) is 3.03. The average Bonchev–Trinajstić information content (AvgIpc) is 2.62. The molecule has 0 radical (unpaired) electrons. The molecular formula is C10H16N4O2. The molecule has 6 heteroatoms. The van der Waals surface area contributed by atoms with E-state index in [4.69, 9.17) is 0 Å². The molecule has 0 saturated carbocycles. The Morgan fingerprint density at radius 2 is 2.12 bits per heavy atom. The zero-order valence-electron chi connectivity index (χ0n) is 9.43. The van der Waals surface area contributed by atoms with Crippen LogP contribution in [0.5, 0.6) is 0 Å². The highest BCUT2D eigenvalue weighted by Gasteiger charge is 2.22. The van der Waals surface area contributed by atoms with Crippen LogP contribution in [0.25, 0.3) is 0 Å². The van der Waals surface area contributed by atoms with E-state index in [0.717, 1.165) is 13.1 Å². The Bertz CT molecular complexity index is 382. The second-order valence-corrected chi connectivity index (χ2v) is 4.22. The summed E-state index contributed by atoms with van der Waals surface area (Å²) in [5.74, 6) is -0.00641. The molecule has 0 atom stereocenters. The van der Waals surface area contributed by atoms with Gasteiger partial charge in [-0.1, -0.05) is 6.42 Å². The summed E-state index contributed by atoms with van der Waals surface area (Å²) in [6.45, 7) is 2.69. The predicted molar refractivity (Wildman–Crippen MR) is 59.0 cm³/mol. The Kier molecular flexibility index (Phi) is 3.19. The van der Waals surface area contributed by atoms with Gasteiger partial charge in [-0.3, -0.25) is 4.90 Å². The molecule has 88 valence electrons. The Morgan fingerprint density at radius 1 is 1.44 bits per heavy atom. The molecule has 0 unspecified atom stereocenters. The molecule has 16 heavy (non-hydrogen) atoms. The summed E-state index contributed by atoms with van der Waals surface area (Å²) >= 11 is 0. The molecule has 0 aromatic carbocycles. The molecule has 0 amide bonds. The van der Waals surface area contributed by atoms with Crippen LogP contribution in [0.15, 0.2) is 6.33 Å². The Labute approximate surface area is 94.0 Å². The van der Waals surface area contributed by atoms with Crippen molar-refractivity contribution < 1.29 is 4.92 Å². The Morgan fingerprint density at radius 3 is 2.75 bits per heavy atom. The van der Waals surface area contributed by atoms with Crippen molar-refractivity contribution in [1.29, 1.82) is 0 Å². The largest absolute Gasteiger partial charge is 0.386 e. The van der Waals surface area contributed by atoms with Crippen molar-refractivity contribution in [2.24, 2.45) is 7.05 Å². The number of aryl methyl sites for hydroxylation is 1. The van der Waals surface area contributed by atoms with Crippen molar-refractivity contribution in [3.63, 3.8) is 0 Å². The molecular weight excluding hydrogens is 208 g/mol. The average molecular weight is 224 g/mol. The lowest BCUT2D eigenvalue weighted by molar-refractivity contribution is -0.390. The topological polar surface area (TPSA) is 64.2 Å². The van der Waals surface area contributed by atoms with Crippen LogP contribution in [-0.4, -0.2) is 32.5 Å². The van der Waals surface area contributed by atoms with Crippen LogP contribution in [0.4, 0.5) is 5.82 Å². The molecule has 0 bridgehead atoms. The van der Waals surface area contributed by atoms with Crippen LogP contribution in [-0.2, 0) is 13.6 Å². The standard InChI is InChI=1S/C10H16N4O2/c1-12-8-11-10(14(15)16)9(12)7-13-5-3-2-4-6-13/h8H,2-7H2,1H3. The molecule has 0 N–H and O–H groups in total. The van der Waals surface area contributed by atoms with Gasteiger partial charge >= 0.3 is 5.82 Å². The van der Waals surface area contributed by atoms with Crippen LogP contribution in [0.3, 0.4) is 0 Å². The second-order valence-electron chi connectivity index (χ2n) is 4.22. The van der Waals surface area contributed by atoms with Gasteiger partial charge in [-0.05, 0) is 35.8 Å². The van der Waals surface area contributed by atoms with E-state index >= 15 is 0 Å². The number of imidazole rings is 1. The smallest absolute Gasteiger partial charge is 0.358 e. The highest BCUT2D eigenvalue weighted by Crippen LogP contribution is 2.19. The van der Waals surface area contributed by atoms with E-state index in [-0.39, 0.29) is 5.82 Å². The Hall–Kier alpha value is -1.43. The normalized spacial score (nSPS) is 17.6. The minimum atomic E-state index is -0.403. The van der Waals surface area contributed by atoms with Gasteiger partial charge in [-0.15, -0.1) is 0 Å². The van der Waals surface area contributed by atoms with Crippen molar-refractivity contribution in [3.05, 3.63) is 22.1 Å². The van der Waals surface area contributed by atoms with E-state index in [1.165, 1.54) is 25.6 Å². The molecule has 2 rings (SSSR count). The van der Waals surface area contributed by atoms with Gasteiger partial charge in [0.25, 0.3) is 0 Å². The summed E-state index contributed by atoms with van der Waals surface area (Å²) in [6, 6.07) is 0. The lowest BCUT2D eigenvalue weighted by atomic mass is 10.1. The fourth-order valence-corrected chi connectivity index (χ4v) is 2.11. The molecule has 0 aliphatic carbocycles. The molecule has 6 nitrogen and oxygen atoms in total. The number of nitrogens with zero attached hydrogens (tertiary/aromatic N) is 4. The van der Waals surface area contributed by atoms with Crippen LogP contribution in [0.1, 0.15) is 25.0 Å². The third kappa shape index (κ3) is 2.21. The number of aromatic nitrogens is 2. The number of rotatable bonds is 3. The van der Waals surface area contributed by atoms with Gasteiger partial charge in [0, 0.05) is 13.6 Å². The van der Waals surface area contributed by atoms with E-state index in [1.807, 2.05) is 0 Å². The fourth-order valence-electron chi connectivity index (χ4n) is 2.11. The van der Waals surface area contributed by atoms with Crippen molar-refractivity contribution in [2.75, 3.05) is 13.1 Å². The summed E-state index contributed by atoms with van der Waals surface area (Å²) in [4.78, 5) is 16.5. The van der Waals surface area contributed by atoms with Crippen molar-refractivity contribution in [3.8, 4) is 0 Å². The van der Waals surface area contributed by atoms with E-state index < -0.39 is 4.92 Å². The lowest BCUT2D eigenvalue weighted by Crippen LogP contribution is -2.30. The number of piperidine rings is 1. The van der Waals surface area contributed by atoms with Crippen LogP contribution >= 0.6 is 0 Å². The van der Waals surface area contributed by atoms with Gasteiger partial charge in [-0.2, -0.15) is 0 Å². The van der Waals surface area contributed by atoms with Gasteiger partial charge in [0.15, 0.2) is 0 Å². The third-order valence-electron chi connectivity index (χ3n) is 3.03. The first-order valence-electron chi connectivity index (χ1n) is 5.55. The lowest BCUT2D eigenvalue weighted by Gasteiger charge is -2.25. The minimum Gasteiger partial charge on any atom is -0.358 e. The van der Waals surface area contributed by atoms with Crippen LogP contribution in [0, 0.1) is 10.1 Å². The number of hydrogen-bond acceptors (Lipinski definition) is 4. The van der Waals surface area contributed by atoms with Gasteiger partial charge in [-0.25, -0.2) is 0 Å². The van der Waals surface area contributed by atoms with Crippen LogP contribution < -0.4 is 0 Å². The molecule has 1 aromatic rings. The highest BCUT2D eigenvalue weighted by molar-refractivity contribution is 5.26. The number of likely N-dealkylation sites (tertiary alicyclic amines) is 1. The fraction of sp³-hybridized carbons (Fsp3) is 0.700. The molecule has 0 spiro atoms. The number of nitro groups is 1. The summed E-state index contributed by atoms with van der Waals surface area (Å²) in [5, 5.41) is 10.8. The molecule has 1 fully saturated rings. The molecule has 1 aliphatic rings. The maximum absolute atomic E-state index is 10.8. The maximum Gasteiger partial charge on any atom is 0.386 e. The first-order valence-corrected chi connectivity index (χ1v) is 5.55. The van der Waals surface area contributed by atoms with Gasteiger partial charge in [0.2, 0.25) is 6.33 Å². The van der Waals surface area contributed by atoms with Gasteiger partial charge < -0.3 is 14.7 Å². The van der Waals surface area contributed by atoms with Crippen molar-refractivity contribution >= 4 is 5.82 Å². The van der Waals surface area contributed by atoms with Gasteiger partial charge in [0.1, 0.15) is 5.69 Å². The monoisotopic (exact) mass is 224 g/mol. The van der Waals surface area contributed by atoms with Gasteiger partial charge in [0.05, 0.1) is 0 Å². The minimum absolute atomic E-state index is 0.00641. The summed E-state index contributed by atoms with van der Waals surface area (Å²) in [5.41, 5.74) is 0.701. The highest BCUT2D eigenvalue weighted by atomic mass is 16.6. The summed E-state index contributed by atoms with van der Waals surface area (Å²) < 4.78 is 1.74. The van der Waals surface area contributed by atoms with E-state index in [0.29, 0.717) is 12.2 Å². The van der Waals surface area contributed by atoms with Crippen LogP contribution in [0.2, 0.25) is 0 Å². The predicted octanol–water partition coefficient (Wildman–Crippen LogP) is 1.31. The quantitative estimate of drug-likeness (QED) is 0.573. The first-order chi connectivity index (χ1) is 7.68. The molecule has 1 saturated heterocycles. The van der Waals surface area contributed by atoms with E-state index in [9.17, 15) is 10.1 Å². The zero-order valence-corrected chi connectivity index (χ0v) is 9.43.